The van der Waals surface area contributed by atoms with E-state index in [2.05, 4.69) is 5.32 Å². The maximum Gasteiger partial charge on any atom is 0.333 e. The Morgan fingerprint density at radius 3 is 2.59 bits per heavy atom. The van der Waals surface area contributed by atoms with Crippen molar-refractivity contribution in [1.82, 2.24) is 4.72 Å². The third-order valence-electron chi connectivity index (χ3n) is 4.53. The molecule has 0 radical (unpaired) electrons. The first-order valence-corrected chi connectivity index (χ1v) is 12.4. The second kappa shape index (κ2) is 8.60. The number of carbonyl (C=O) groups is 3. The number of amides is 4. The summed E-state index contributed by atoms with van der Waals surface area (Å²) >= 11 is 2.97. The summed E-state index contributed by atoms with van der Waals surface area (Å²) in [6.07, 6.45) is -0.0551. The first kappa shape index (κ1) is 22.4. The average molecular weight is 585 g/mol. The number of nitrogens with one attached hydrogen (secondary N) is 2. The zero-order chi connectivity index (χ0) is 23.0. The zero-order valence-electron chi connectivity index (χ0n) is 16.0. The smallest absolute Gasteiger partial charge is 0.307 e. The van der Waals surface area contributed by atoms with Gasteiger partial charge in [-0.1, -0.05) is 12.1 Å². The Bertz CT molecular complexity index is 1360. The average Bonchev–Trinajstić information content (AvgIpc) is 3.26. The molecule has 0 bridgehead atoms. The van der Waals surface area contributed by atoms with Crippen LogP contribution in [0.15, 0.2) is 58.1 Å². The standard InChI is InChI=1S/C20H13FIN3O5S2/c21-15-10-13(23-20(28)24-32(29,30)18-2-1-7-31-18)5-6-16(15)25-17(26)8-11-3-4-12(22)9-14(11)19(25)27/h1-7,9-10H,8H2,(H2,23,24,28). The highest BCUT2D eigenvalue weighted by atomic mass is 127. The van der Waals surface area contributed by atoms with Gasteiger partial charge in [-0.3, -0.25) is 9.59 Å². The summed E-state index contributed by atoms with van der Waals surface area (Å²) < 4.78 is 41.6. The normalized spacial score (nSPS) is 13.6. The third-order valence-corrected chi connectivity index (χ3v) is 7.93. The van der Waals surface area contributed by atoms with Gasteiger partial charge in [0.25, 0.3) is 15.9 Å². The minimum Gasteiger partial charge on any atom is -0.307 e. The van der Waals surface area contributed by atoms with Crippen molar-refractivity contribution >= 4 is 73.2 Å². The van der Waals surface area contributed by atoms with E-state index in [1.165, 1.54) is 24.3 Å². The van der Waals surface area contributed by atoms with Gasteiger partial charge >= 0.3 is 6.03 Å². The number of rotatable bonds is 4. The Hall–Kier alpha value is -2.84. The van der Waals surface area contributed by atoms with E-state index in [4.69, 9.17) is 0 Å². The van der Waals surface area contributed by atoms with E-state index in [0.29, 0.717) is 11.1 Å². The van der Waals surface area contributed by atoms with E-state index in [1.54, 1.807) is 23.6 Å². The van der Waals surface area contributed by atoms with Gasteiger partial charge in [0.05, 0.1) is 12.1 Å². The predicted octanol–water partition coefficient (Wildman–Crippen LogP) is 3.73. The van der Waals surface area contributed by atoms with Gasteiger partial charge in [-0.25, -0.2) is 27.2 Å². The molecule has 2 heterocycles. The molecule has 0 aliphatic carbocycles. The summed E-state index contributed by atoms with van der Waals surface area (Å²) in [5.41, 5.74) is 0.564. The lowest BCUT2D eigenvalue weighted by atomic mass is 9.98. The number of hydrogen-bond acceptors (Lipinski definition) is 6. The lowest BCUT2D eigenvalue weighted by molar-refractivity contribution is -0.117. The Balaban J connectivity index is 1.54. The van der Waals surface area contributed by atoms with E-state index < -0.39 is 33.7 Å². The van der Waals surface area contributed by atoms with Crippen molar-refractivity contribution in [3.8, 4) is 0 Å². The number of benzene rings is 2. The number of fused-ring (bicyclic) bond motifs is 1. The Morgan fingerprint density at radius 2 is 1.91 bits per heavy atom. The van der Waals surface area contributed by atoms with Gasteiger partial charge < -0.3 is 5.32 Å². The fourth-order valence-electron chi connectivity index (χ4n) is 3.13. The second-order valence-electron chi connectivity index (χ2n) is 6.67. The molecule has 2 N–H and O–H groups in total. The predicted molar refractivity (Wildman–Crippen MR) is 125 cm³/mol. The van der Waals surface area contributed by atoms with E-state index in [9.17, 15) is 27.2 Å². The molecule has 8 nitrogen and oxygen atoms in total. The zero-order valence-corrected chi connectivity index (χ0v) is 19.8. The first-order chi connectivity index (χ1) is 15.2. The van der Waals surface area contributed by atoms with Crippen molar-refractivity contribution in [3.05, 3.63) is 74.4 Å². The molecule has 2 aromatic carbocycles. The highest BCUT2D eigenvalue weighted by Gasteiger charge is 2.34. The molecule has 1 aliphatic rings. The Morgan fingerprint density at radius 1 is 1.12 bits per heavy atom. The highest BCUT2D eigenvalue weighted by molar-refractivity contribution is 14.1. The molecule has 4 amide bonds. The molecule has 0 saturated carbocycles. The molecule has 0 spiro atoms. The second-order valence-corrected chi connectivity index (χ2v) is 10.8. The van der Waals surface area contributed by atoms with Gasteiger partial charge in [0.15, 0.2) is 0 Å². The number of hydrogen-bond donors (Lipinski definition) is 2. The van der Waals surface area contributed by atoms with Crippen molar-refractivity contribution in [2.75, 3.05) is 10.2 Å². The van der Waals surface area contributed by atoms with Crippen molar-refractivity contribution in [1.29, 1.82) is 0 Å². The monoisotopic (exact) mass is 585 g/mol. The maximum absolute atomic E-state index is 14.8. The van der Waals surface area contributed by atoms with Crippen LogP contribution >= 0.6 is 33.9 Å². The summed E-state index contributed by atoms with van der Waals surface area (Å²) in [4.78, 5) is 38.2. The van der Waals surface area contributed by atoms with Crippen LogP contribution < -0.4 is 14.9 Å². The van der Waals surface area contributed by atoms with Crippen LogP contribution in [0.3, 0.4) is 0 Å². The molecule has 1 aliphatic heterocycles. The van der Waals surface area contributed by atoms with E-state index >= 15 is 0 Å². The number of sulfonamides is 1. The van der Waals surface area contributed by atoms with Crippen LogP contribution in [0.1, 0.15) is 15.9 Å². The van der Waals surface area contributed by atoms with Gasteiger partial charge in [-0.05, 0) is 69.9 Å². The van der Waals surface area contributed by atoms with Crippen molar-refractivity contribution in [2.24, 2.45) is 0 Å². The summed E-state index contributed by atoms with van der Waals surface area (Å²) in [5.74, 6) is -2.16. The number of carbonyl (C=O) groups excluding carboxylic acids is 3. The molecule has 0 unspecified atom stereocenters. The van der Waals surface area contributed by atoms with E-state index in [-0.39, 0.29) is 22.0 Å². The van der Waals surface area contributed by atoms with Crippen LogP contribution in [-0.4, -0.2) is 26.3 Å². The van der Waals surface area contributed by atoms with Crippen LogP contribution in [0.4, 0.5) is 20.6 Å². The lowest BCUT2D eigenvalue weighted by Crippen LogP contribution is -2.43. The van der Waals surface area contributed by atoms with Crippen LogP contribution in [0.25, 0.3) is 0 Å². The fourth-order valence-corrected chi connectivity index (χ4v) is 5.52. The van der Waals surface area contributed by atoms with Gasteiger partial charge in [0, 0.05) is 14.8 Å². The molecule has 0 saturated heterocycles. The Kier molecular flexibility index (Phi) is 6.01. The molecule has 3 aromatic rings. The number of nitrogens with zero attached hydrogens (tertiary/aromatic N) is 1. The summed E-state index contributed by atoms with van der Waals surface area (Å²) in [7, 11) is -4.05. The minimum absolute atomic E-state index is 0.0498. The van der Waals surface area contributed by atoms with Gasteiger partial charge in [-0.2, -0.15) is 0 Å². The van der Waals surface area contributed by atoms with Crippen LogP contribution in [0, 0.1) is 9.39 Å². The van der Waals surface area contributed by atoms with Crippen LogP contribution in [-0.2, 0) is 21.2 Å². The minimum atomic E-state index is -4.05. The first-order valence-electron chi connectivity index (χ1n) is 8.98. The molecular formula is C20H13FIN3O5S2. The number of halogens is 2. The number of urea groups is 1. The summed E-state index contributed by atoms with van der Waals surface area (Å²) in [5, 5.41) is 3.77. The quantitative estimate of drug-likeness (QED) is 0.358. The molecule has 0 fully saturated rings. The van der Waals surface area contributed by atoms with E-state index in [1.807, 2.05) is 27.3 Å². The molecule has 1 aromatic heterocycles. The number of thiophene rings is 1. The van der Waals surface area contributed by atoms with Crippen LogP contribution in [0.2, 0.25) is 0 Å². The molecular weight excluding hydrogens is 572 g/mol. The number of anilines is 2. The molecule has 12 heteroatoms. The lowest BCUT2D eigenvalue weighted by Gasteiger charge is -2.27. The number of imide groups is 1. The van der Waals surface area contributed by atoms with Crippen molar-refractivity contribution < 1.29 is 27.2 Å². The van der Waals surface area contributed by atoms with E-state index in [0.717, 1.165) is 25.9 Å². The Labute approximate surface area is 199 Å². The SMILES string of the molecule is O=C(Nc1ccc(N2C(=O)Cc3ccc(I)cc3C2=O)c(F)c1)NS(=O)(=O)c1cccs1. The fraction of sp³-hybridized carbons (Fsp3) is 0.0500. The van der Waals surface area contributed by atoms with Gasteiger partial charge in [-0.15, -0.1) is 11.3 Å². The molecule has 4 rings (SSSR count). The van der Waals surface area contributed by atoms with Gasteiger partial charge in [0.2, 0.25) is 5.91 Å². The molecule has 0 atom stereocenters. The summed E-state index contributed by atoms with van der Waals surface area (Å²) in [6.45, 7) is 0. The van der Waals surface area contributed by atoms with Crippen molar-refractivity contribution in [2.45, 2.75) is 10.6 Å². The largest absolute Gasteiger partial charge is 0.333 e. The summed E-state index contributed by atoms with van der Waals surface area (Å²) in [6, 6.07) is 10.2. The highest BCUT2D eigenvalue weighted by Crippen LogP contribution is 2.30. The topological polar surface area (TPSA) is 113 Å². The van der Waals surface area contributed by atoms with Crippen LogP contribution in [0.5, 0.6) is 0 Å². The maximum atomic E-state index is 14.8. The molecule has 32 heavy (non-hydrogen) atoms. The van der Waals surface area contributed by atoms with Gasteiger partial charge in [0.1, 0.15) is 10.0 Å². The molecule has 164 valence electrons. The van der Waals surface area contributed by atoms with Crippen molar-refractivity contribution in [3.63, 3.8) is 0 Å². The third kappa shape index (κ3) is 4.38.